The van der Waals surface area contributed by atoms with E-state index in [9.17, 15) is 21.6 Å². The predicted molar refractivity (Wildman–Crippen MR) is 77.3 cm³/mol. The first kappa shape index (κ1) is 17.2. The Morgan fingerprint density at radius 3 is 2.59 bits per heavy atom. The van der Waals surface area contributed by atoms with Gasteiger partial charge in [0.2, 0.25) is 10.0 Å². The maximum absolute atomic E-state index is 12.8. The summed E-state index contributed by atoms with van der Waals surface area (Å²) in [5.41, 5.74) is -0.452. The molecule has 2 rings (SSSR count). The SMILES string of the molecule is Cc1csc(CNS(=O)(=O)c2ccc(Cl)c(C(F)(F)F)c2)n1. The number of hydrogen-bond acceptors (Lipinski definition) is 4. The summed E-state index contributed by atoms with van der Waals surface area (Å²) in [6, 6.07) is 2.44. The number of aryl methyl sites for hydroxylation is 1. The van der Waals surface area contributed by atoms with E-state index in [0.29, 0.717) is 11.1 Å². The summed E-state index contributed by atoms with van der Waals surface area (Å²) in [6.07, 6.45) is -4.73. The minimum absolute atomic E-state index is 0.0924. The molecule has 2 aromatic rings. The average Bonchev–Trinajstić information content (AvgIpc) is 2.81. The summed E-state index contributed by atoms with van der Waals surface area (Å²) in [7, 11) is -4.09. The molecule has 0 saturated carbocycles. The van der Waals surface area contributed by atoms with Crippen LogP contribution in [0.25, 0.3) is 0 Å². The van der Waals surface area contributed by atoms with Crippen molar-refractivity contribution in [1.29, 1.82) is 0 Å². The minimum Gasteiger partial charge on any atom is -0.245 e. The van der Waals surface area contributed by atoms with Crippen molar-refractivity contribution < 1.29 is 21.6 Å². The third kappa shape index (κ3) is 3.97. The first-order valence-corrected chi connectivity index (χ1v) is 8.61. The molecule has 1 heterocycles. The van der Waals surface area contributed by atoms with Crippen molar-refractivity contribution in [2.24, 2.45) is 0 Å². The zero-order valence-electron chi connectivity index (χ0n) is 11.1. The number of benzene rings is 1. The van der Waals surface area contributed by atoms with Crippen molar-refractivity contribution in [3.8, 4) is 0 Å². The van der Waals surface area contributed by atoms with Gasteiger partial charge in [-0.2, -0.15) is 13.2 Å². The number of aromatic nitrogens is 1. The van der Waals surface area contributed by atoms with E-state index < -0.39 is 31.7 Å². The highest BCUT2D eigenvalue weighted by molar-refractivity contribution is 7.89. The molecule has 4 nitrogen and oxygen atoms in total. The number of thiazole rings is 1. The van der Waals surface area contributed by atoms with Gasteiger partial charge in [0.1, 0.15) is 5.01 Å². The third-order valence-corrected chi connectivity index (χ3v) is 5.33. The smallest absolute Gasteiger partial charge is 0.245 e. The summed E-state index contributed by atoms with van der Waals surface area (Å²) in [5.74, 6) is 0. The number of alkyl halides is 3. The number of rotatable bonds is 4. The van der Waals surface area contributed by atoms with E-state index >= 15 is 0 Å². The van der Waals surface area contributed by atoms with Gasteiger partial charge in [-0.05, 0) is 25.1 Å². The molecule has 0 aliphatic carbocycles. The molecule has 1 aromatic heterocycles. The van der Waals surface area contributed by atoms with Crippen LogP contribution in [0.2, 0.25) is 5.02 Å². The molecule has 0 aliphatic rings. The van der Waals surface area contributed by atoms with Gasteiger partial charge < -0.3 is 0 Å². The van der Waals surface area contributed by atoms with Crippen LogP contribution in [0.1, 0.15) is 16.3 Å². The van der Waals surface area contributed by atoms with Gasteiger partial charge in [-0.1, -0.05) is 11.6 Å². The molecular formula is C12H10ClF3N2O2S2. The van der Waals surface area contributed by atoms with Crippen LogP contribution in [-0.2, 0) is 22.7 Å². The van der Waals surface area contributed by atoms with E-state index in [1.165, 1.54) is 11.3 Å². The molecule has 0 radical (unpaired) electrons. The summed E-state index contributed by atoms with van der Waals surface area (Å²) < 4.78 is 64.6. The first-order chi connectivity index (χ1) is 10.1. The molecule has 0 aliphatic heterocycles. The summed E-state index contributed by atoms with van der Waals surface area (Å²) in [4.78, 5) is 3.57. The standard InChI is InChI=1S/C12H10ClF3N2O2S2/c1-7-6-21-11(18-7)5-17-22(19,20)8-2-3-10(13)9(4-8)12(14,15)16/h2-4,6,17H,5H2,1H3. The van der Waals surface area contributed by atoms with Crippen molar-refractivity contribution in [3.05, 3.63) is 44.9 Å². The molecule has 1 aromatic carbocycles. The lowest BCUT2D eigenvalue weighted by atomic mass is 10.2. The van der Waals surface area contributed by atoms with Gasteiger partial charge in [0.15, 0.2) is 0 Å². The van der Waals surface area contributed by atoms with E-state index in [2.05, 4.69) is 9.71 Å². The highest BCUT2D eigenvalue weighted by Gasteiger charge is 2.34. The molecule has 0 saturated heterocycles. The number of hydrogen-bond donors (Lipinski definition) is 1. The maximum Gasteiger partial charge on any atom is 0.417 e. The zero-order chi connectivity index (χ0) is 16.5. The van der Waals surface area contributed by atoms with Gasteiger partial charge in [0, 0.05) is 11.1 Å². The number of halogens is 4. The molecule has 22 heavy (non-hydrogen) atoms. The predicted octanol–water partition coefficient (Wildman–Crippen LogP) is 3.60. The summed E-state index contributed by atoms with van der Waals surface area (Å²) >= 11 is 6.72. The molecule has 1 N–H and O–H groups in total. The van der Waals surface area contributed by atoms with Crippen molar-refractivity contribution in [2.45, 2.75) is 24.5 Å². The Bertz CT molecular complexity index is 788. The lowest BCUT2D eigenvalue weighted by Gasteiger charge is -2.11. The van der Waals surface area contributed by atoms with Crippen LogP contribution in [0.5, 0.6) is 0 Å². The Balaban J connectivity index is 2.26. The van der Waals surface area contributed by atoms with Crippen molar-refractivity contribution in [1.82, 2.24) is 9.71 Å². The fourth-order valence-corrected chi connectivity index (χ4v) is 3.65. The third-order valence-electron chi connectivity index (χ3n) is 2.63. The monoisotopic (exact) mass is 370 g/mol. The van der Waals surface area contributed by atoms with Crippen LogP contribution in [-0.4, -0.2) is 13.4 Å². The first-order valence-electron chi connectivity index (χ1n) is 5.87. The average molecular weight is 371 g/mol. The summed E-state index contributed by atoms with van der Waals surface area (Å²) in [5, 5.41) is 1.71. The van der Waals surface area contributed by atoms with Gasteiger partial charge in [0.05, 0.1) is 22.0 Å². The minimum atomic E-state index is -4.73. The molecule has 0 spiro atoms. The van der Waals surface area contributed by atoms with Gasteiger partial charge in [-0.3, -0.25) is 0 Å². The van der Waals surface area contributed by atoms with Gasteiger partial charge in [0.25, 0.3) is 0 Å². The molecule has 10 heteroatoms. The second-order valence-electron chi connectivity index (χ2n) is 4.35. The van der Waals surface area contributed by atoms with Crippen LogP contribution in [0.4, 0.5) is 13.2 Å². The number of nitrogens with one attached hydrogen (secondary N) is 1. The van der Waals surface area contributed by atoms with E-state index in [0.717, 1.165) is 17.8 Å². The molecule has 0 amide bonds. The van der Waals surface area contributed by atoms with Gasteiger partial charge in [-0.25, -0.2) is 18.1 Å². The number of nitrogens with zero attached hydrogens (tertiary/aromatic N) is 1. The topological polar surface area (TPSA) is 59.1 Å². The Labute approximate surface area is 134 Å². The van der Waals surface area contributed by atoms with Crippen molar-refractivity contribution in [2.75, 3.05) is 0 Å². The molecule has 120 valence electrons. The van der Waals surface area contributed by atoms with Crippen molar-refractivity contribution >= 4 is 33.0 Å². The molecule has 0 atom stereocenters. The van der Waals surface area contributed by atoms with Crippen LogP contribution in [0, 0.1) is 6.92 Å². The van der Waals surface area contributed by atoms with Gasteiger partial charge >= 0.3 is 6.18 Å². The molecule has 0 fully saturated rings. The van der Waals surface area contributed by atoms with Gasteiger partial charge in [-0.15, -0.1) is 11.3 Å². The normalized spacial score (nSPS) is 12.6. The largest absolute Gasteiger partial charge is 0.417 e. The van der Waals surface area contributed by atoms with E-state index in [4.69, 9.17) is 11.6 Å². The molecular weight excluding hydrogens is 361 g/mol. The van der Waals surface area contributed by atoms with Crippen LogP contribution >= 0.6 is 22.9 Å². The van der Waals surface area contributed by atoms with E-state index in [1.807, 2.05) is 0 Å². The summed E-state index contributed by atoms with van der Waals surface area (Å²) in [6.45, 7) is 1.66. The van der Waals surface area contributed by atoms with Crippen LogP contribution in [0.15, 0.2) is 28.5 Å². The lowest BCUT2D eigenvalue weighted by Crippen LogP contribution is -2.23. The highest BCUT2D eigenvalue weighted by Crippen LogP contribution is 2.35. The second kappa shape index (κ2) is 6.15. The number of sulfonamides is 1. The van der Waals surface area contributed by atoms with Crippen LogP contribution in [0.3, 0.4) is 0 Å². The zero-order valence-corrected chi connectivity index (χ0v) is 13.5. The van der Waals surface area contributed by atoms with Crippen LogP contribution < -0.4 is 4.72 Å². The Morgan fingerprint density at radius 2 is 2.05 bits per heavy atom. The maximum atomic E-state index is 12.8. The fourth-order valence-electron chi connectivity index (χ4n) is 1.61. The van der Waals surface area contributed by atoms with E-state index in [1.54, 1.807) is 12.3 Å². The lowest BCUT2D eigenvalue weighted by molar-refractivity contribution is -0.137. The molecule has 0 bridgehead atoms. The van der Waals surface area contributed by atoms with E-state index in [-0.39, 0.29) is 6.54 Å². The Morgan fingerprint density at radius 1 is 1.36 bits per heavy atom. The highest BCUT2D eigenvalue weighted by atomic mass is 35.5. The quantitative estimate of drug-likeness (QED) is 0.894. The Kier molecular flexibility index (Phi) is 4.81. The fraction of sp³-hybridized carbons (Fsp3) is 0.250. The molecule has 0 unspecified atom stereocenters. The Hall–Kier alpha value is -1.16. The van der Waals surface area contributed by atoms with Crippen molar-refractivity contribution in [3.63, 3.8) is 0 Å². The second-order valence-corrected chi connectivity index (χ2v) is 7.46.